The van der Waals surface area contributed by atoms with Crippen LogP contribution in [0.2, 0.25) is 0 Å². The molecule has 72 valence electrons. The van der Waals surface area contributed by atoms with Crippen molar-refractivity contribution in [2.75, 3.05) is 14.2 Å². The molecule has 1 saturated heterocycles. The normalized spacial score (nSPS) is 32.9. The lowest BCUT2D eigenvalue weighted by Crippen LogP contribution is -2.38. The lowest BCUT2D eigenvalue weighted by atomic mass is 10.0. The van der Waals surface area contributed by atoms with Crippen LogP contribution in [0.4, 0.5) is 0 Å². The maximum Gasteiger partial charge on any atom is 0.335 e. The zero-order valence-corrected chi connectivity index (χ0v) is 8.12. The number of ether oxygens (including phenoxy) is 1. The SMILES string of the molecule is COC(=O)C1=CC[C@@H]2CCC1N2C. The van der Waals surface area contributed by atoms with E-state index in [0.717, 1.165) is 18.4 Å². The average molecular weight is 181 g/mol. The van der Waals surface area contributed by atoms with Gasteiger partial charge in [-0.2, -0.15) is 0 Å². The Morgan fingerprint density at radius 2 is 2.38 bits per heavy atom. The molecule has 0 radical (unpaired) electrons. The van der Waals surface area contributed by atoms with Crippen molar-refractivity contribution in [2.24, 2.45) is 0 Å². The molecule has 0 aromatic rings. The van der Waals surface area contributed by atoms with Crippen molar-refractivity contribution in [3.63, 3.8) is 0 Å². The molecule has 2 rings (SSSR count). The zero-order chi connectivity index (χ0) is 9.42. The molecule has 1 fully saturated rings. The Hall–Kier alpha value is -0.830. The van der Waals surface area contributed by atoms with Crippen LogP contribution >= 0.6 is 0 Å². The van der Waals surface area contributed by atoms with Crippen LogP contribution in [0.1, 0.15) is 19.3 Å². The first-order valence-corrected chi connectivity index (χ1v) is 4.74. The smallest absolute Gasteiger partial charge is 0.335 e. The maximum atomic E-state index is 11.4. The van der Waals surface area contributed by atoms with Gasteiger partial charge in [-0.05, 0) is 26.3 Å². The minimum absolute atomic E-state index is 0.155. The molecule has 0 spiro atoms. The summed E-state index contributed by atoms with van der Waals surface area (Å²) in [5.41, 5.74) is 0.860. The van der Waals surface area contributed by atoms with Gasteiger partial charge in [0.2, 0.25) is 0 Å². The fourth-order valence-electron chi connectivity index (χ4n) is 2.41. The molecule has 0 saturated carbocycles. The monoisotopic (exact) mass is 181 g/mol. The van der Waals surface area contributed by atoms with E-state index in [2.05, 4.69) is 11.9 Å². The topological polar surface area (TPSA) is 29.5 Å². The fraction of sp³-hybridized carbons (Fsp3) is 0.700. The fourth-order valence-corrected chi connectivity index (χ4v) is 2.41. The van der Waals surface area contributed by atoms with E-state index in [1.54, 1.807) is 0 Å². The number of esters is 1. The third-order valence-electron chi connectivity index (χ3n) is 3.23. The number of nitrogens with zero attached hydrogens (tertiary/aromatic N) is 1. The van der Waals surface area contributed by atoms with Gasteiger partial charge in [0.05, 0.1) is 12.7 Å². The van der Waals surface area contributed by atoms with Gasteiger partial charge in [-0.3, -0.25) is 4.90 Å². The van der Waals surface area contributed by atoms with Crippen LogP contribution in [0.5, 0.6) is 0 Å². The molecular weight excluding hydrogens is 166 g/mol. The number of methoxy groups -OCH3 is 1. The first-order valence-electron chi connectivity index (χ1n) is 4.74. The van der Waals surface area contributed by atoms with E-state index in [-0.39, 0.29) is 5.97 Å². The largest absolute Gasteiger partial charge is 0.466 e. The molecular formula is C10H15NO2. The third kappa shape index (κ3) is 1.27. The first kappa shape index (κ1) is 8.75. The van der Waals surface area contributed by atoms with Gasteiger partial charge < -0.3 is 4.74 Å². The van der Waals surface area contributed by atoms with Crippen LogP contribution in [0.25, 0.3) is 0 Å². The van der Waals surface area contributed by atoms with Crippen molar-refractivity contribution < 1.29 is 9.53 Å². The van der Waals surface area contributed by atoms with Crippen molar-refractivity contribution in [1.29, 1.82) is 0 Å². The van der Waals surface area contributed by atoms with Gasteiger partial charge in [0, 0.05) is 12.1 Å². The molecule has 0 aromatic heterocycles. The van der Waals surface area contributed by atoms with Gasteiger partial charge in [0.1, 0.15) is 0 Å². The molecule has 0 N–H and O–H groups in total. The van der Waals surface area contributed by atoms with Crippen molar-refractivity contribution in [3.05, 3.63) is 11.6 Å². The molecule has 3 nitrogen and oxygen atoms in total. The Labute approximate surface area is 78.4 Å². The summed E-state index contributed by atoms with van der Waals surface area (Å²) in [6.07, 6.45) is 5.35. The standard InChI is InChI=1S/C10H15NO2/c1-11-7-3-5-8(10(12)13-2)9(11)6-4-7/h5,7,9H,3-4,6H2,1-2H3/t7-,9?/m1/s1. The van der Waals surface area contributed by atoms with Crippen molar-refractivity contribution in [3.8, 4) is 0 Å². The van der Waals surface area contributed by atoms with Crippen LogP contribution in [0, 0.1) is 0 Å². The molecule has 1 unspecified atom stereocenters. The highest BCUT2D eigenvalue weighted by molar-refractivity contribution is 5.90. The summed E-state index contributed by atoms with van der Waals surface area (Å²) in [6, 6.07) is 0.963. The summed E-state index contributed by atoms with van der Waals surface area (Å²) in [7, 11) is 3.54. The van der Waals surface area contributed by atoms with E-state index in [9.17, 15) is 4.79 Å². The Morgan fingerprint density at radius 3 is 3.08 bits per heavy atom. The van der Waals surface area contributed by atoms with E-state index in [4.69, 9.17) is 4.74 Å². The second-order valence-corrected chi connectivity index (χ2v) is 3.80. The van der Waals surface area contributed by atoms with E-state index in [1.165, 1.54) is 13.5 Å². The molecule has 2 atom stereocenters. The minimum atomic E-state index is -0.155. The number of fused-ring (bicyclic) bond motifs is 2. The Bertz CT molecular complexity index is 260. The molecule has 2 heterocycles. The van der Waals surface area contributed by atoms with Crippen LogP contribution in [-0.4, -0.2) is 37.1 Å². The van der Waals surface area contributed by atoms with Gasteiger partial charge in [-0.25, -0.2) is 4.79 Å². The molecule has 2 bridgehead atoms. The van der Waals surface area contributed by atoms with Crippen molar-refractivity contribution >= 4 is 5.97 Å². The summed E-state index contributed by atoms with van der Waals surface area (Å²) in [4.78, 5) is 13.7. The van der Waals surface area contributed by atoms with Gasteiger partial charge in [-0.15, -0.1) is 0 Å². The number of carbonyl (C=O) groups is 1. The number of hydrogen-bond acceptors (Lipinski definition) is 3. The van der Waals surface area contributed by atoms with Crippen LogP contribution in [0.15, 0.2) is 11.6 Å². The second-order valence-electron chi connectivity index (χ2n) is 3.80. The summed E-state index contributed by atoms with van der Waals surface area (Å²) >= 11 is 0. The van der Waals surface area contributed by atoms with Crippen molar-refractivity contribution in [1.82, 2.24) is 4.90 Å². The molecule has 2 aliphatic heterocycles. The maximum absolute atomic E-state index is 11.4. The zero-order valence-electron chi connectivity index (χ0n) is 8.12. The molecule has 0 aromatic carbocycles. The number of rotatable bonds is 1. The number of likely N-dealkylation sites (N-methyl/N-ethyl adjacent to an activating group) is 1. The lowest BCUT2D eigenvalue weighted by Gasteiger charge is -2.30. The van der Waals surface area contributed by atoms with Crippen LogP contribution in [0.3, 0.4) is 0 Å². The summed E-state index contributed by atoms with van der Waals surface area (Å²) < 4.78 is 4.75. The summed E-state index contributed by atoms with van der Waals surface area (Å²) in [5, 5.41) is 0. The van der Waals surface area contributed by atoms with Gasteiger partial charge in [0.15, 0.2) is 0 Å². The molecule has 0 aliphatic carbocycles. The molecule has 0 amide bonds. The van der Waals surface area contributed by atoms with E-state index < -0.39 is 0 Å². The second kappa shape index (κ2) is 3.14. The average Bonchev–Trinajstić information content (AvgIpc) is 2.41. The highest BCUT2D eigenvalue weighted by Gasteiger charge is 2.38. The quantitative estimate of drug-likeness (QED) is 0.564. The van der Waals surface area contributed by atoms with Crippen molar-refractivity contribution in [2.45, 2.75) is 31.3 Å². The highest BCUT2D eigenvalue weighted by atomic mass is 16.5. The van der Waals surface area contributed by atoms with Gasteiger partial charge in [-0.1, -0.05) is 6.08 Å². The number of carbonyl (C=O) groups excluding carboxylic acids is 1. The van der Waals surface area contributed by atoms with E-state index in [0.29, 0.717) is 12.1 Å². The molecule has 3 heteroatoms. The Morgan fingerprint density at radius 1 is 1.62 bits per heavy atom. The lowest BCUT2D eigenvalue weighted by molar-refractivity contribution is -0.136. The van der Waals surface area contributed by atoms with Crippen LogP contribution < -0.4 is 0 Å². The Kier molecular flexibility index (Phi) is 2.12. The summed E-state index contributed by atoms with van der Waals surface area (Å²) in [5.74, 6) is -0.155. The predicted octanol–water partition coefficient (Wildman–Crippen LogP) is 0.952. The van der Waals surface area contributed by atoms with E-state index in [1.807, 2.05) is 6.08 Å². The van der Waals surface area contributed by atoms with Gasteiger partial charge >= 0.3 is 5.97 Å². The molecule has 2 aliphatic rings. The van der Waals surface area contributed by atoms with E-state index >= 15 is 0 Å². The predicted molar refractivity (Wildman–Crippen MR) is 49.3 cm³/mol. The molecule has 13 heavy (non-hydrogen) atoms. The number of hydrogen-bond donors (Lipinski definition) is 0. The van der Waals surface area contributed by atoms with Gasteiger partial charge in [0.25, 0.3) is 0 Å². The minimum Gasteiger partial charge on any atom is -0.466 e. The first-order chi connectivity index (χ1) is 6.24. The van der Waals surface area contributed by atoms with Crippen LogP contribution in [-0.2, 0) is 9.53 Å². The highest BCUT2D eigenvalue weighted by Crippen LogP contribution is 2.34. The Balaban J connectivity index is 2.21. The summed E-state index contributed by atoms with van der Waals surface area (Å²) in [6.45, 7) is 0. The third-order valence-corrected chi connectivity index (χ3v) is 3.23.